The van der Waals surface area contributed by atoms with E-state index in [0.29, 0.717) is 5.82 Å². The van der Waals surface area contributed by atoms with Crippen molar-refractivity contribution in [3.05, 3.63) is 170 Å². The molecule has 0 bridgehead atoms. The lowest BCUT2D eigenvalue weighted by atomic mass is 9.95. The van der Waals surface area contributed by atoms with Gasteiger partial charge in [-0.1, -0.05) is 103 Å². The van der Waals surface area contributed by atoms with Gasteiger partial charge in [0, 0.05) is 50.5 Å². The van der Waals surface area contributed by atoms with Gasteiger partial charge >= 0.3 is 0 Å². The summed E-state index contributed by atoms with van der Waals surface area (Å²) in [5.74, 6) is 0.624. The molecule has 0 spiro atoms. The van der Waals surface area contributed by atoms with E-state index < -0.39 is 0 Å². The molecule has 0 N–H and O–H groups in total. The molecule has 0 aliphatic rings. The van der Waals surface area contributed by atoms with Gasteiger partial charge in [-0.15, -0.1) is 0 Å². The Morgan fingerprint density at radius 3 is 1.63 bits per heavy atom. The molecule has 6 nitrogen and oxygen atoms in total. The van der Waals surface area contributed by atoms with E-state index in [1.165, 1.54) is 0 Å². The fourth-order valence-corrected chi connectivity index (χ4v) is 7.60. The number of nitrogens with zero attached hydrogens (tertiary/aromatic N) is 6. The summed E-state index contributed by atoms with van der Waals surface area (Å²) in [4.78, 5) is 29.2. The van der Waals surface area contributed by atoms with Gasteiger partial charge in [-0.05, 0) is 76.5 Å². The van der Waals surface area contributed by atoms with Crippen molar-refractivity contribution in [2.45, 2.75) is 0 Å². The van der Waals surface area contributed by atoms with Crippen LogP contribution in [-0.4, -0.2) is 29.9 Å². The molecule has 11 aromatic rings. The lowest BCUT2D eigenvalue weighted by Gasteiger charge is -2.13. The van der Waals surface area contributed by atoms with Gasteiger partial charge in [-0.3, -0.25) is 4.98 Å². The number of benzene rings is 6. The maximum absolute atomic E-state index is 5.17. The highest BCUT2D eigenvalue weighted by molar-refractivity contribution is 6.07. The summed E-state index contributed by atoms with van der Waals surface area (Å²) in [5.41, 5.74) is 11.6. The van der Waals surface area contributed by atoms with Crippen molar-refractivity contribution in [1.82, 2.24) is 29.9 Å². The van der Waals surface area contributed by atoms with E-state index in [1.807, 2.05) is 48.8 Å². The molecule has 0 unspecified atom stereocenters. The molecular weight excluding hydrogens is 661 g/mol. The molecule has 5 heterocycles. The van der Waals surface area contributed by atoms with E-state index in [0.717, 1.165) is 105 Å². The van der Waals surface area contributed by atoms with Crippen LogP contribution < -0.4 is 0 Å². The van der Waals surface area contributed by atoms with Gasteiger partial charge in [-0.2, -0.15) is 0 Å². The minimum absolute atomic E-state index is 0.624. The van der Waals surface area contributed by atoms with Gasteiger partial charge < -0.3 is 0 Å². The van der Waals surface area contributed by atoms with Crippen LogP contribution in [-0.2, 0) is 0 Å². The molecule has 0 fully saturated rings. The summed E-state index contributed by atoms with van der Waals surface area (Å²) < 4.78 is 0. The Morgan fingerprint density at radius 1 is 0.333 bits per heavy atom. The first kappa shape index (κ1) is 30.2. The molecule has 0 aliphatic carbocycles. The Kier molecular flexibility index (Phi) is 6.75. The highest BCUT2D eigenvalue weighted by atomic mass is 14.9. The largest absolute Gasteiger partial charge is 0.254 e. The number of aromatic nitrogens is 6. The van der Waals surface area contributed by atoms with Crippen LogP contribution in [0.3, 0.4) is 0 Å². The average molecular weight is 689 g/mol. The number of hydrogen-bond donors (Lipinski definition) is 0. The summed E-state index contributed by atoms with van der Waals surface area (Å²) in [5, 5.41) is 7.59. The van der Waals surface area contributed by atoms with E-state index in [1.54, 1.807) is 0 Å². The van der Waals surface area contributed by atoms with Crippen molar-refractivity contribution < 1.29 is 0 Å². The Hall–Kier alpha value is -7.44. The van der Waals surface area contributed by atoms with E-state index in [-0.39, 0.29) is 0 Å². The highest BCUT2D eigenvalue weighted by Crippen LogP contribution is 2.37. The van der Waals surface area contributed by atoms with E-state index in [2.05, 4.69) is 131 Å². The topological polar surface area (TPSA) is 77.3 Å². The summed E-state index contributed by atoms with van der Waals surface area (Å²) in [7, 11) is 0. The smallest absolute Gasteiger partial charge is 0.178 e. The van der Waals surface area contributed by atoms with Crippen molar-refractivity contribution in [1.29, 1.82) is 0 Å². The number of hydrogen-bond acceptors (Lipinski definition) is 6. The van der Waals surface area contributed by atoms with Crippen LogP contribution in [0.1, 0.15) is 0 Å². The van der Waals surface area contributed by atoms with Gasteiger partial charge in [-0.25, -0.2) is 24.9 Å². The Balaban J connectivity index is 0.925. The van der Waals surface area contributed by atoms with Crippen molar-refractivity contribution in [2.24, 2.45) is 0 Å². The lowest BCUT2D eigenvalue weighted by molar-refractivity contribution is 1.19. The third-order valence-electron chi connectivity index (χ3n) is 10.3. The van der Waals surface area contributed by atoms with E-state index >= 15 is 0 Å². The minimum atomic E-state index is 0.624. The van der Waals surface area contributed by atoms with Crippen LogP contribution in [0.15, 0.2) is 170 Å². The maximum atomic E-state index is 5.17. The number of pyridine rings is 4. The third-order valence-corrected chi connectivity index (χ3v) is 10.3. The molecular formula is C48H28N6. The number of fused-ring (bicyclic) bond motifs is 7. The molecule has 0 amide bonds. The standard InChI is InChI=1S/C48H28N6/c1-4-10-40-35(6-1)28-50-48(54-40)45-24-17-34-27-32(15-21-42(34)52-45)31-14-20-41-33(26-31)16-23-43(51-41)38-18-19-39(37-9-3-2-8-36(37)38)44-22-13-30-12-11-29-7-5-25-49-46(29)47(30)53-44/h1-28H. The van der Waals surface area contributed by atoms with Crippen LogP contribution in [0.25, 0.3) is 110 Å². The molecule has 250 valence electrons. The van der Waals surface area contributed by atoms with Gasteiger partial charge in [0.2, 0.25) is 0 Å². The van der Waals surface area contributed by atoms with Gasteiger partial charge in [0.1, 0.15) is 5.69 Å². The van der Waals surface area contributed by atoms with Crippen molar-refractivity contribution in [2.75, 3.05) is 0 Å². The molecule has 0 saturated heterocycles. The monoisotopic (exact) mass is 688 g/mol. The zero-order valence-electron chi connectivity index (χ0n) is 28.8. The fraction of sp³-hybridized carbons (Fsp3) is 0. The SMILES string of the molecule is c1ccc2nc(-c3ccc4cc(-c5ccc6nc(-c7ccc(-c8ccc9ccc%10cccnc%10c9n8)c8ccccc78)ccc6c5)ccc4n3)ncc2c1. The van der Waals surface area contributed by atoms with Crippen LogP contribution in [0, 0.1) is 0 Å². The molecule has 0 radical (unpaired) electrons. The van der Waals surface area contributed by atoms with Crippen molar-refractivity contribution in [3.8, 4) is 45.2 Å². The highest BCUT2D eigenvalue weighted by Gasteiger charge is 2.14. The van der Waals surface area contributed by atoms with Crippen LogP contribution >= 0.6 is 0 Å². The molecule has 6 aromatic carbocycles. The predicted octanol–water partition coefficient (Wildman–Crippen LogP) is 11.6. The third kappa shape index (κ3) is 5.04. The van der Waals surface area contributed by atoms with Crippen LogP contribution in [0.4, 0.5) is 0 Å². The molecule has 0 atom stereocenters. The van der Waals surface area contributed by atoms with E-state index in [9.17, 15) is 0 Å². The summed E-state index contributed by atoms with van der Waals surface area (Å²) in [6.07, 6.45) is 3.68. The molecule has 6 heteroatoms. The second-order valence-corrected chi connectivity index (χ2v) is 13.6. The first-order valence-electron chi connectivity index (χ1n) is 17.9. The average Bonchev–Trinajstić information content (AvgIpc) is 3.25. The van der Waals surface area contributed by atoms with Gasteiger partial charge in [0.05, 0.1) is 39.0 Å². The van der Waals surface area contributed by atoms with Crippen LogP contribution in [0.2, 0.25) is 0 Å². The maximum Gasteiger partial charge on any atom is 0.178 e. The van der Waals surface area contributed by atoms with Crippen molar-refractivity contribution in [3.63, 3.8) is 0 Å². The zero-order chi connectivity index (χ0) is 35.6. The summed E-state index contributed by atoms with van der Waals surface area (Å²) in [6.45, 7) is 0. The summed E-state index contributed by atoms with van der Waals surface area (Å²) in [6, 6.07) is 54.6. The Morgan fingerprint density at radius 2 is 0.889 bits per heavy atom. The number of rotatable bonds is 4. The van der Waals surface area contributed by atoms with Gasteiger partial charge in [0.15, 0.2) is 5.82 Å². The van der Waals surface area contributed by atoms with Crippen LogP contribution in [0.5, 0.6) is 0 Å². The quantitative estimate of drug-likeness (QED) is 0.171. The molecule has 54 heavy (non-hydrogen) atoms. The minimum Gasteiger partial charge on any atom is -0.254 e. The first-order valence-corrected chi connectivity index (χ1v) is 17.9. The first-order chi connectivity index (χ1) is 26.7. The predicted molar refractivity (Wildman–Crippen MR) is 220 cm³/mol. The Bertz CT molecular complexity index is 3300. The normalized spacial score (nSPS) is 11.7. The van der Waals surface area contributed by atoms with Crippen molar-refractivity contribution >= 4 is 65.3 Å². The van der Waals surface area contributed by atoms with Gasteiger partial charge in [0.25, 0.3) is 0 Å². The lowest BCUT2D eigenvalue weighted by Crippen LogP contribution is -1.93. The zero-order valence-corrected chi connectivity index (χ0v) is 28.8. The number of para-hydroxylation sites is 1. The second kappa shape index (κ2) is 12.1. The molecule has 0 saturated carbocycles. The molecule has 11 rings (SSSR count). The molecule has 5 aromatic heterocycles. The fourth-order valence-electron chi connectivity index (χ4n) is 7.60. The van der Waals surface area contributed by atoms with E-state index in [4.69, 9.17) is 19.9 Å². The molecule has 0 aliphatic heterocycles. The second-order valence-electron chi connectivity index (χ2n) is 13.6. The summed E-state index contributed by atoms with van der Waals surface area (Å²) >= 11 is 0. The Labute approximate surface area is 309 Å².